The van der Waals surface area contributed by atoms with Crippen LogP contribution in [0.15, 0.2) is 18.2 Å². The van der Waals surface area contributed by atoms with Crippen molar-refractivity contribution in [1.29, 1.82) is 0 Å². The van der Waals surface area contributed by atoms with Crippen LogP contribution in [0.25, 0.3) is 0 Å². The third-order valence-corrected chi connectivity index (χ3v) is 4.13. The number of halogens is 2. The number of piperidine rings is 1. The van der Waals surface area contributed by atoms with E-state index in [1.165, 1.54) is 25.3 Å². The highest BCUT2D eigenvalue weighted by atomic mass is 19.3. The smallest absolute Gasteiger partial charge is 0.387 e. The van der Waals surface area contributed by atoms with E-state index in [9.17, 15) is 13.6 Å². The Labute approximate surface area is 134 Å². The lowest BCUT2D eigenvalue weighted by Crippen LogP contribution is -2.42. The minimum absolute atomic E-state index is 0.0513. The molecular weight excluding hydrogens is 306 g/mol. The molecule has 0 aliphatic carbocycles. The molecule has 0 aromatic heterocycles. The molecule has 7 heteroatoms. The number of ether oxygens (including phenoxy) is 2. The zero-order valence-corrected chi connectivity index (χ0v) is 13.3. The van der Waals surface area contributed by atoms with Crippen LogP contribution in [0.2, 0.25) is 0 Å². The largest absolute Gasteiger partial charge is 0.493 e. The monoisotopic (exact) mass is 328 g/mol. The number of hydrogen-bond donors (Lipinski definition) is 2. The summed E-state index contributed by atoms with van der Waals surface area (Å²) in [5.74, 6) is -0.304. The van der Waals surface area contributed by atoms with Gasteiger partial charge in [0, 0.05) is 12.1 Å². The molecule has 0 radical (unpaired) electrons. The van der Waals surface area contributed by atoms with Gasteiger partial charge in [-0.05, 0) is 49.5 Å². The second kappa shape index (κ2) is 7.59. The summed E-state index contributed by atoms with van der Waals surface area (Å²) in [5, 5.41) is 6.16. The summed E-state index contributed by atoms with van der Waals surface area (Å²) >= 11 is 0. The fourth-order valence-corrected chi connectivity index (χ4v) is 2.61. The number of benzene rings is 1. The van der Waals surface area contributed by atoms with Gasteiger partial charge in [-0.2, -0.15) is 8.78 Å². The molecule has 0 spiro atoms. The molecule has 0 bridgehead atoms. The third-order valence-electron chi connectivity index (χ3n) is 4.13. The maximum atomic E-state index is 12.4. The number of amides is 1. The summed E-state index contributed by atoms with van der Waals surface area (Å²) in [6.07, 6.45) is 1.96. The lowest BCUT2D eigenvalue weighted by Gasteiger charge is -2.34. The predicted octanol–water partition coefficient (Wildman–Crippen LogP) is 2.42. The van der Waals surface area contributed by atoms with Crippen molar-refractivity contribution in [3.05, 3.63) is 23.8 Å². The first-order valence-electron chi connectivity index (χ1n) is 7.55. The summed E-state index contributed by atoms with van der Waals surface area (Å²) in [5.41, 5.74) is 0.314. The van der Waals surface area contributed by atoms with Gasteiger partial charge in [0.05, 0.1) is 7.11 Å². The van der Waals surface area contributed by atoms with Gasteiger partial charge in [0.2, 0.25) is 0 Å². The number of rotatable bonds is 6. The summed E-state index contributed by atoms with van der Waals surface area (Å²) in [6.45, 7) is 1.57. The molecule has 0 unspecified atom stereocenters. The fourth-order valence-electron chi connectivity index (χ4n) is 2.61. The van der Waals surface area contributed by atoms with E-state index < -0.39 is 6.61 Å². The minimum Gasteiger partial charge on any atom is -0.493 e. The summed E-state index contributed by atoms with van der Waals surface area (Å²) in [7, 11) is 1.35. The van der Waals surface area contributed by atoms with Gasteiger partial charge in [0.15, 0.2) is 11.5 Å². The third kappa shape index (κ3) is 4.79. The van der Waals surface area contributed by atoms with Gasteiger partial charge in [-0.15, -0.1) is 0 Å². The van der Waals surface area contributed by atoms with E-state index in [0.717, 1.165) is 25.9 Å². The first kappa shape index (κ1) is 17.5. The molecular formula is C16H22F2N2O3. The number of alkyl halides is 2. The van der Waals surface area contributed by atoms with E-state index in [-0.39, 0.29) is 28.4 Å². The molecule has 23 heavy (non-hydrogen) atoms. The lowest BCUT2D eigenvalue weighted by atomic mass is 9.81. The standard InChI is InChI=1S/C16H22F2N2O3/c1-16(5-7-19-8-6-16)10-20-14(21)11-3-4-12(22-2)13(9-11)23-15(17)18/h3-4,9,15,19H,5-8,10H2,1-2H3,(H,20,21). The van der Waals surface area contributed by atoms with E-state index in [1.54, 1.807) is 0 Å². The molecule has 1 aliphatic rings. The van der Waals surface area contributed by atoms with Crippen LogP contribution in [0, 0.1) is 5.41 Å². The average Bonchev–Trinajstić information content (AvgIpc) is 2.53. The average molecular weight is 328 g/mol. The topological polar surface area (TPSA) is 59.6 Å². The minimum atomic E-state index is -2.98. The van der Waals surface area contributed by atoms with Gasteiger partial charge < -0.3 is 20.1 Å². The van der Waals surface area contributed by atoms with E-state index in [0.29, 0.717) is 6.54 Å². The SMILES string of the molecule is COc1ccc(C(=O)NCC2(C)CCNCC2)cc1OC(F)F. The quantitative estimate of drug-likeness (QED) is 0.842. The zero-order chi connectivity index (χ0) is 16.9. The normalized spacial score (nSPS) is 16.9. The Bertz CT molecular complexity index is 546. The number of methoxy groups -OCH3 is 1. The van der Waals surface area contributed by atoms with Crippen LogP contribution in [0.5, 0.6) is 11.5 Å². The molecule has 1 aromatic rings. The Hall–Kier alpha value is -1.89. The first-order chi connectivity index (χ1) is 10.9. The molecule has 1 aliphatic heterocycles. The van der Waals surface area contributed by atoms with Crippen molar-refractivity contribution in [2.24, 2.45) is 5.41 Å². The van der Waals surface area contributed by atoms with Gasteiger partial charge in [-0.25, -0.2) is 0 Å². The highest BCUT2D eigenvalue weighted by Gasteiger charge is 2.27. The summed E-state index contributed by atoms with van der Waals surface area (Å²) in [4.78, 5) is 12.3. The van der Waals surface area contributed by atoms with Crippen molar-refractivity contribution in [1.82, 2.24) is 10.6 Å². The zero-order valence-electron chi connectivity index (χ0n) is 13.3. The van der Waals surface area contributed by atoms with Gasteiger partial charge >= 0.3 is 6.61 Å². The Morgan fingerprint density at radius 3 is 2.65 bits per heavy atom. The van der Waals surface area contributed by atoms with Crippen molar-refractivity contribution in [3.63, 3.8) is 0 Å². The molecule has 5 nitrogen and oxygen atoms in total. The van der Waals surface area contributed by atoms with Crippen molar-refractivity contribution in [2.45, 2.75) is 26.4 Å². The second-order valence-electron chi connectivity index (χ2n) is 5.99. The van der Waals surface area contributed by atoms with Gasteiger partial charge in [0.25, 0.3) is 5.91 Å². The maximum Gasteiger partial charge on any atom is 0.387 e. The molecule has 1 saturated heterocycles. The van der Waals surface area contributed by atoms with Gasteiger partial charge in [0.1, 0.15) is 0 Å². The lowest BCUT2D eigenvalue weighted by molar-refractivity contribution is -0.0512. The number of carbonyl (C=O) groups excluding carboxylic acids is 1. The van der Waals surface area contributed by atoms with Crippen molar-refractivity contribution in [2.75, 3.05) is 26.7 Å². The van der Waals surface area contributed by atoms with E-state index >= 15 is 0 Å². The molecule has 1 aromatic carbocycles. The molecule has 1 amide bonds. The highest BCUT2D eigenvalue weighted by molar-refractivity contribution is 5.94. The van der Waals surface area contributed by atoms with E-state index in [2.05, 4.69) is 22.3 Å². The van der Waals surface area contributed by atoms with E-state index in [1.807, 2.05) is 0 Å². The number of hydrogen-bond acceptors (Lipinski definition) is 4. The van der Waals surface area contributed by atoms with Crippen LogP contribution in [-0.2, 0) is 0 Å². The number of carbonyl (C=O) groups is 1. The Morgan fingerprint density at radius 1 is 1.35 bits per heavy atom. The van der Waals surface area contributed by atoms with Gasteiger partial charge in [-0.3, -0.25) is 4.79 Å². The second-order valence-corrected chi connectivity index (χ2v) is 5.99. The summed E-state index contributed by atoms with van der Waals surface area (Å²) in [6, 6.07) is 4.24. The van der Waals surface area contributed by atoms with Crippen LogP contribution in [0.3, 0.4) is 0 Å². The molecule has 0 saturated carbocycles. The molecule has 1 fully saturated rings. The van der Waals surface area contributed by atoms with Gasteiger partial charge in [-0.1, -0.05) is 6.92 Å². The molecule has 128 valence electrons. The Balaban J connectivity index is 2.03. The highest BCUT2D eigenvalue weighted by Crippen LogP contribution is 2.30. The number of nitrogens with one attached hydrogen (secondary N) is 2. The molecule has 0 atom stereocenters. The Morgan fingerprint density at radius 2 is 2.04 bits per heavy atom. The Kier molecular flexibility index (Phi) is 5.76. The summed E-state index contributed by atoms with van der Waals surface area (Å²) < 4.78 is 34.2. The molecule has 1 heterocycles. The maximum absolute atomic E-state index is 12.4. The van der Waals surface area contributed by atoms with Crippen molar-refractivity contribution < 1.29 is 23.0 Å². The van der Waals surface area contributed by atoms with Crippen LogP contribution >= 0.6 is 0 Å². The molecule has 2 rings (SSSR count). The van der Waals surface area contributed by atoms with E-state index in [4.69, 9.17) is 4.74 Å². The van der Waals surface area contributed by atoms with Crippen molar-refractivity contribution >= 4 is 5.91 Å². The van der Waals surface area contributed by atoms with Crippen LogP contribution in [-0.4, -0.2) is 39.3 Å². The van der Waals surface area contributed by atoms with Crippen LogP contribution in [0.4, 0.5) is 8.78 Å². The predicted molar refractivity (Wildman–Crippen MR) is 82.2 cm³/mol. The fraction of sp³-hybridized carbons (Fsp3) is 0.562. The molecule has 2 N–H and O–H groups in total. The van der Waals surface area contributed by atoms with Crippen LogP contribution < -0.4 is 20.1 Å². The van der Waals surface area contributed by atoms with Crippen molar-refractivity contribution in [3.8, 4) is 11.5 Å². The van der Waals surface area contributed by atoms with Crippen LogP contribution in [0.1, 0.15) is 30.1 Å². The first-order valence-corrected chi connectivity index (χ1v) is 7.55.